The summed E-state index contributed by atoms with van der Waals surface area (Å²) in [6.07, 6.45) is 7.46. The molecule has 1 heterocycles. The van der Waals surface area contributed by atoms with E-state index in [1.165, 1.54) is 37.5 Å². The third kappa shape index (κ3) is 3.74. The predicted molar refractivity (Wildman–Crippen MR) is 103 cm³/mol. The Balaban J connectivity index is 1.40. The molecule has 1 saturated heterocycles. The Morgan fingerprint density at radius 1 is 0.808 bits per heavy atom. The van der Waals surface area contributed by atoms with Crippen molar-refractivity contribution in [2.75, 3.05) is 0 Å². The maximum absolute atomic E-state index is 12.5. The van der Waals surface area contributed by atoms with E-state index in [1.807, 2.05) is 18.2 Å². The van der Waals surface area contributed by atoms with Crippen molar-refractivity contribution in [2.45, 2.75) is 57.0 Å². The Kier molecular flexibility index (Phi) is 4.91. The quantitative estimate of drug-likeness (QED) is 0.888. The van der Waals surface area contributed by atoms with Gasteiger partial charge in [-0.15, -0.1) is 0 Å². The van der Waals surface area contributed by atoms with Crippen molar-refractivity contribution in [1.29, 1.82) is 0 Å². The number of rotatable bonds is 4. The third-order valence-corrected chi connectivity index (χ3v) is 5.81. The number of benzene rings is 2. The minimum Gasteiger partial charge on any atom is -0.342 e. The molecule has 2 amide bonds. The summed E-state index contributed by atoms with van der Waals surface area (Å²) in [6, 6.07) is 13.5. The van der Waals surface area contributed by atoms with Crippen LogP contribution in [0.15, 0.2) is 42.5 Å². The largest absolute Gasteiger partial charge is 0.342 e. The van der Waals surface area contributed by atoms with Gasteiger partial charge in [-0.05, 0) is 28.7 Å². The summed E-state index contributed by atoms with van der Waals surface area (Å²) in [5, 5.41) is 8.26. The van der Waals surface area contributed by atoms with E-state index < -0.39 is 6.04 Å². The smallest absolute Gasteiger partial charge is 0.243 e. The lowest BCUT2D eigenvalue weighted by atomic mass is 9.84. The number of fused-ring (bicyclic) bond motifs is 1. The molecule has 1 unspecified atom stereocenters. The Labute approximate surface area is 154 Å². The average Bonchev–Trinajstić information content (AvgIpc) is 2.66. The van der Waals surface area contributed by atoms with Gasteiger partial charge in [0.2, 0.25) is 11.8 Å². The highest BCUT2D eigenvalue weighted by molar-refractivity contribution is 5.97. The number of amides is 2. The first kappa shape index (κ1) is 17.1. The molecule has 2 N–H and O–H groups in total. The maximum atomic E-state index is 12.5. The molecule has 0 aromatic heterocycles. The number of carbonyl (C=O) groups is 2. The average molecular weight is 350 g/mol. The van der Waals surface area contributed by atoms with Crippen molar-refractivity contribution in [1.82, 2.24) is 10.6 Å². The van der Waals surface area contributed by atoms with Gasteiger partial charge in [0.1, 0.15) is 12.1 Å². The minimum atomic E-state index is -0.480. The number of hydrogen-bond donors (Lipinski definition) is 2. The Hall–Kier alpha value is -2.36. The summed E-state index contributed by atoms with van der Waals surface area (Å²) in [6.45, 7) is 0. The van der Waals surface area contributed by atoms with Crippen molar-refractivity contribution in [3.05, 3.63) is 48.0 Å². The number of piperazine rings is 1. The molecule has 2 fully saturated rings. The van der Waals surface area contributed by atoms with Crippen LogP contribution in [-0.4, -0.2) is 23.9 Å². The Morgan fingerprint density at radius 2 is 1.50 bits per heavy atom. The topological polar surface area (TPSA) is 58.2 Å². The van der Waals surface area contributed by atoms with Crippen LogP contribution in [0.4, 0.5) is 0 Å². The summed E-state index contributed by atoms with van der Waals surface area (Å²) in [5.41, 5.74) is 1.06. The van der Waals surface area contributed by atoms with Crippen LogP contribution in [0.1, 0.15) is 44.1 Å². The fourth-order valence-electron chi connectivity index (χ4n) is 4.34. The van der Waals surface area contributed by atoms with E-state index in [1.54, 1.807) is 0 Å². The molecule has 4 nitrogen and oxygen atoms in total. The molecule has 4 heteroatoms. The van der Waals surface area contributed by atoms with Crippen LogP contribution in [-0.2, 0) is 16.0 Å². The van der Waals surface area contributed by atoms with Gasteiger partial charge >= 0.3 is 0 Å². The van der Waals surface area contributed by atoms with E-state index in [9.17, 15) is 9.59 Å². The van der Waals surface area contributed by atoms with Gasteiger partial charge in [0.05, 0.1) is 0 Å². The van der Waals surface area contributed by atoms with Gasteiger partial charge in [0, 0.05) is 6.42 Å². The van der Waals surface area contributed by atoms with Gasteiger partial charge in [-0.1, -0.05) is 74.6 Å². The monoisotopic (exact) mass is 350 g/mol. The van der Waals surface area contributed by atoms with E-state index >= 15 is 0 Å². The van der Waals surface area contributed by atoms with E-state index in [0.29, 0.717) is 12.3 Å². The SMILES string of the molecule is O=C1N[C@@H](Cc2ccc3ccccc3c2)C(=O)NC1CC1CCCCC1. The van der Waals surface area contributed by atoms with E-state index in [0.717, 1.165) is 17.4 Å². The summed E-state index contributed by atoms with van der Waals surface area (Å²) < 4.78 is 0. The van der Waals surface area contributed by atoms with Crippen molar-refractivity contribution >= 4 is 22.6 Å². The van der Waals surface area contributed by atoms with Crippen LogP contribution >= 0.6 is 0 Å². The molecule has 2 aliphatic rings. The van der Waals surface area contributed by atoms with Crippen molar-refractivity contribution < 1.29 is 9.59 Å². The third-order valence-electron chi connectivity index (χ3n) is 5.81. The second kappa shape index (κ2) is 7.48. The highest BCUT2D eigenvalue weighted by Crippen LogP contribution is 2.28. The first-order valence-corrected chi connectivity index (χ1v) is 9.77. The first-order chi connectivity index (χ1) is 12.7. The summed E-state index contributed by atoms with van der Waals surface area (Å²) in [4.78, 5) is 25.0. The van der Waals surface area contributed by atoms with Crippen LogP contribution in [0.25, 0.3) is 10.8 Å². The molecular weight excluding hydrogens is 324 g/mol. The highest BCUT2D eigenvalue weighted by atomic mass is 16.2. The molecule has 136 valence electrons. The molecule has 26 heavy (non-hydrogen) atoms. The van der Waals surface area contributed by atoms with Crippen LogP contribution in [0.5, 0.6) is 0 Å². The Morgan fingerprint density at radius 3 is 2.31 bits per heavy atom. The molecule has 2 atom stereocenters. The Bertz CT molecular complexity index is 811. The van der Waals surface area contributed by atoms with Crippen LogP contribution < -0.4 is 10.6 Å². The molecule has 4 rings (SSSR count). The predicted octanol–water partition coefficient (Wildman–Crippen LogP) is 3.34. The van der Waals surface area contributed by atoms with Gasteiger partial charge in [-0.25, -0.2) is 0 Å². The molecule has 0 radical (unpaired) electrons. The second-order valence-corrected chi connectivity index (χ2v) is 7.75. The molecule has 2 aromatic rings. The number of nitrogens with one attached hydrogen (secondary N) is 2. The zero-order valence-electron chi connectivity index (χ0n) is 15.0. The number of carbonyl (C=O) groups excluding carboxylic acids is 2. The minimum absolute atomic E-state index is 0.0269. The lowest BCUT2D eigenvalue weighted by Gasteiger charge is -2.32. The van der Waals surface area contributed by atoms with Gasteiger partial charge < -0.3 is 10.6 Å². The van der Waals surface area contributed by atoms with E-state index in [2.05, 4.69) is 34.9 Å². The lowest BCUT2D eigenvalue weighted by molar-refractivity contribution is -0.137. The fraction of sp³-hybridized carbons (Fsp3) is 0.455. The molecule has 1 aliphatic heterocycles. The molecule has 1 aliphatic carbocycles. The molecular formula is C22H26N2O2. The zero-order valence-corrected chi connectivity index (χ0v) is 15.0. The van der Waals surface area contributed by atoms with Crippen molar-refractivity contribution in [2.24, 2.45) is 5.92 Å². The van der Waals surface area contributed by atoms with Gasteiger partial charge in [-0.3, -0.25) is 9.59 Å². The standard InChI is InChI=1S/C22H26N2O2/c25-21-19(13-15-6-2-1-3-7-15)23-22(26)20(24-21)14-16-10-11-17-8-4-5-9-18(17)12-16/h4-5,8-12,15,19-20H,1-3,6-7,13-14H2,(H,23,26)(H,24,25)/t19?,20-/m0/s1. The van der Waals surface area contributed by atoms with E-state index in [-0.39, 0.29) is 17.9 Å². The molecule has 2 aromatic carbocycles. The van der Waals surface area contributed by atoms with Gasteiger partial charge in [-0.2, -0.15) is 0 Å². The second-order valence-electron chi connectivity index (χ2n) is 7.75. The molecule has 0 spiro atoms. The lowest BCUT2D eigenvalue weighted by Crippen LogP contribution is -2.62. The highest BCUT2D eigenvalue weighted by Gasteiger charge is 2.35. The summed E-state index contributed by atoms with van der Waals surface area (Å²) >= 11 is 0. The maximum Gasteiger partial charge on any atom is 0.243 e. The van der Waals surface area contributed by atoms with Crippen LogP contribution in [0.2, 0.25) is 0 Å². The molecule has 0 bridgehead atoms. The summed E-state index contributed by atoms with van der Waals surface area (Å²) in [7, 11) is 0. The van der Waals surface area contributed by atoms with E-state index in [4.69, 9.17) is 0 Å². The number of hydrogen-bond acceptors (Lipinski definition) is 2. The van der Waals surface area contributed by atoms with Gasteiger partial charge in [0.15, 0.2) is 0 Å². The fourth-order valence-corrected chi connectivity index (χ4v) is 4.34. The first-order valence-electron chi connectivity index (χ1n) is 9.77. The van der Waals surface area contributed by atoms with Crippen LogP contribution in [0, 0.1) is 5.92 Å². The normalized spacial score (nSPS) is 24.3. The van der Waals surface area contributed by atoms with Gasteiger partial charge in [0.25, 0.3) is 0 Å². The van der Waals surface area contributed by atoms with Crippen LogP contribution in [0.3, 0.4) is 0 Å². The summed E-state index contributed by atoms with van der Waals surface area (Å²) in [5.74, 6) is 0.483. The van der Waals surface area contributed by atoms with Crippen molar-refractivity contribution in [3.63, 3.8) is 0 Å². The zero-order chi connectivity index (χ0) is 17.9. The van der Waals surface area contributed by atoms with Crippen molar-refractivity contribution in [3.8, 4) is 0 Å². The molecule has 1 saturated carbocycles.